The lowest BCUT2D eigenvalue weighted by Crippen LogP contribution is -2.23. The van der Waals surface area contributed by atoms with Crippen molar-refractivity contribution in [1.82, 2.24) is 0 Å². The molecule has 0 saturated heterocycles. The van der Waals surface area contributed by atoms with Gasteiger partial charge in [0.15, 0.2) is 23.1 Å². The van der Waals surface area contributed by atoms with E-state index in [4.69, 9.17) is 11.5 Å². The van der Waals surface area contributed by atoms with Gasteiger partial charge in [-0.3, -0.25) is 19.2 Å². The molecule has 36 heavy (non-hydrogen) atoms. The number of carbonyl (C=O) groups is 4. The fourth-order valence-corrected chi connectivity index (χ4v) is 4.46. The summed E-state index contributed by atoms with van der Waals surface area (Å²) < 4.78 is 0. The molecular weight excluding hydrogens is 460 g/mol. The Morgan fingerprint density at radius 1 is 0.417 bits per heavy atom. The van der Waals surface area contributed by atoms with Gasteiger partial charge in [0.1, 0.15) is 11.5 Å². The largest absolute Gasteiger partial charge is 0.507 e. The van der Waals surface area contributed by atoms with Gasteiger partial charge in [0, 0.05) is 33.6 Å². The normalized spacial score (nSPS) is 13.1. The Kier molecular flexibility index (Phi) is 5.14. The Bertz CT molecular complexity index is 1410. The maximum atomic E-state index is 12.3. The SMILES string of the molecule is Nc1ccc(N)c2c1C(=O)c1ccccc1C2=O.O=C1c2ccccc2C(=O)c2c(O)ccc(O)c21. The number of phenolic OH excluding ortho intramolecular Hbond substituents is 2. The van der Waals surface area contributed by atoms with Gasteiger partial charge in [0.05, 0.1) is 22.3 Å². The first-order valence-corrected chi connectivity index (χ1v) is 10.8. The fourth-order valence-electron chi connectivity index (χ4n) is 4.46. The smallest absolute Gasteiger partial charge is 0.198 e. The molecule has 0 unspecified atom stereocenters. The maximum Gasteiger partial charge on any atom is 0.198 e. The highest BCUT2D eigenvalue weighted by Gasteiger charge is 2.34. The molecule has 4 aromatic rings. The zero-order chi connectivity index (χ0) is 25.7. The van der Waals surface area contributed by atoms with Crippen LogP contribution in [0.25, 0.3) is 0 Å². The molecule has 2 aliphatic carbocycles. The van der Waals surface area contributed by atoms with Crippen LogP contribution in [0.2, 0.25) is 0 Å². The van der Waals surface area contributed by atoms with E-state index in [1.807, 2.05) is 0 Å². The number of fused-ring (bicyclic) bond motifs is 4. The molecule has 4 aromatic carbocycles. The first-order valence-electron chi connectivity index (χ1n) is 10.8. The molecule has 0 aliphatic heterocycles. The number of carbonyl (C=O) groups excluding carboxylic acids is 4. The predicted molar refractivity (Wildman–Crippen MR) is 132 cm³/mol. The van der Waals surface area contributed by atoms with Crippen LogP contribution in [0.4, 0.5) is 11.4 Å². The van der Waals surface area contributed by atoms with E-state index < -0.39 is 11.6 Å². The Balaban J connectivity index is 0.000000148. The molecule has 0 radical (unpaired) electrons. The number of nitrogens with two attached hydrogens (primary N) is 2. The van der Waals surface area contributed by atoms with Crippen molar-refractivity contribution >= 4 is 34.5 Å². The zero-order valence-corrected chi connectivity index (χ0v) is 18.6. The standard InChI is InChI=1S/C14H10N2O2.C14H8O4/c2*15-9-5-6-10(16)12-11(9)13(17)7-3-1-2-4-8(7)14(12)18/h1-6H,15-16H2;1-6,15-16H. The second-order valence-corrected chi connectivity index (χ2v) is 8.26. The lowest BCUT2D eigenvalue weighted by Gasteiger charge is -2.20. The van der Waals surface area contributed by atoms with Crippen LogP contribution < -0.4 is 11.5 Å². The van der Waals surface area contributed by atoms with Gasteiger partial charge in [0.2, 0.25) is 0 Å². The number of nitrogen functional groups attached to an aromatic ring is 2. The Hall–Kier alpha value is -5.24. The Morgan fingerprint density at radius 3 is 1.00 bits per heavy atom. The van der Waals surface area contributed by atoms with E-state index in [9.17, 15) is 29.4 Å². The molecule has 8 nitrogen and oxygen atoms in total. The first-order chi connectivity index (χ1) is 17.2. The summed E-state index contributed by atoms with van der Waals surface area (Å²) in [6.07, 6.45) is 0. The molecule has 2 aliphatic rings. The minimum absolute atomic E-state index is 0.126. The Labute approximate surface area is 204 Å². The third-order valence-electron chi connectivity index (χ3n) is 6.17. The molecule has 0 fully saturated rings. The maximum absolute atomic E-state index is 12.3. The summed E-state index contributed by atoms with van der Waals surface area (Å²) in [4.78, 5) is 49.1. The number of rotatable bonds is 0. The van der Waals surface area contributed by atoms with E-state index in [1.165, 1.54) is 24.3 Å². The van der Waals surface area contributed by atoms with Gasteiger partial charge in [-0.2, -0.15) is 0 Å². The van der Waals surface area contributed by atoms with Crippen molar-refractivity contribution in [1.29, 1.82) is 0 Å². The average Bonchev–Trinajstić information content (AvgIpc) is 2.89. The van der Waals surface area contributed by atoms with E-state index in [0.29, 0.717) is 11.1 Å². The van der Waals surface area contributed by atoms with Crippen LogP contribution in [0, 0.1) is 0 Å². The molecule has 0 heterocycles. The van der Waals surface area contributed by atoms with E-state index in [-0.39, 0.29) is 67.8 Å². The topological polar surface area (TPSA) is 161 Å². The van der Waals surface area contributed by atoms with Gasteiger partial charge in [-0.05, 0) is 24.3 Å². The van der Waals surface area contributed by atoms with Crippen LogP contribution in [0.3, 0.4) is 0 Å². The number of hydrogen-bond donors (Lipinski definition) is 4. The highest BCUT2D eigenvalue weighted by molar-refractivity contribution is 6.32. The number of anilines is 2. The van der Waals surface area contributed by atoms with Gasteiger partial charge >= 0.3 is 0 Å². The molecule has 6 N–H and O–H groups in total. The van der Waals surface area contributed by atoms with Crippen LogP contribution in [0.5, 0.6) is 11.5 Å². The zero-order valence-electron chi connectivity index (χ0n) is 18.6. The quantitative estimate of drug-likeness (QED) is 0.191. The molecule has 176 valence electrons. The average molecular weight is 478 g/mol. The highest BCUT2D eigenvalue weighted by Crippen LogP contribution is 2.37. The number of hydrogen-bond acceptors (Lipinski definition) is 8. The van der Waals surface area contributed by atoms with Crippen molar-refractivity contribution in [3.63, 3.8) is 0 Å². The summed E-state index contributed by atoms with van der Waals surface area (Å²) >= 11 is 0. The number of aromatic hydroxyl groups is 2. The minimum atomic E-state index is -0.450. The van der Waals surface area contributed by atoms with Crippen molar-refractivity contribution in [3.8, 4) is 11.5 Å². The van der Waals surface area contributed by atoms with Crippen LogP contribution in [-0.2, 0) is 0 Å². The second-order valence-electron chi connectivity index (χ2n) is 8.26. The molecular formula is C28H18N2O6. The van der Waals surface area contributed by atoms with E-state index >= 15 is 0 Å². The molecule has 6 rings (SSSR count). The van der Waals surface area contributed by atoms with Crippen molar-refractivity contribution < 1.29 is 29.4 Å². The number of ketones is 4. The van der Waals surface area contributed by atoms with Crippen molar-refractivity contribution in [2.45, 2.75) is 0 Å². The summed E-state index contributed by atoms with van der Waals surface area (Å²) in [5.74, 6) is -1.98. The van der Waals surface area contributed by atoms with Crippen molar-refractivity contribution in [3.05, 3.63) is 117 Å². The minimum Gasteiger partial charge on any atom is -0.507 e. The molecule has 8 heteroatoms. The van der Waals surface area contributed by atoms with Gasteiger partial charge in [0.25, 0.3) is 0 Å². The fraction of sp³-hybridized carbons (Fsp3) is 0. The third kappa shape index (κ3) is 3.24. The molecule has 0 saturated carbocycles. The van der Waals surface area contributed by atoms with E-state index in [1.54, 1.807) is 48.5 Å². The summed E-state index contributed by atoms with van der Waals surface area (Å²) in [7, 11) is 0. The van der Waals surface area contributed by atoms with E-state index in [0.717, 1.165) is 0 Å². The van der Waals surface area contributed by atoms with Gasteiger partial charge in [-0.25, -0.2) is 0 Å². The van der Waals surface area contributed by atoms with Crippen molar-refractivity contribution in [2.24, 2.45) is 0 Å². The number of phenols is 2. The van der Waals surface area contributed by atoms with E-state index in [2.05, 4.69) is 0 Å². The predicted octanol–water partition coefficient (Wildman–Crippen LogP) is 3.50. The highest BCUT2D eigenvalue weighted by atomic mass is 16.3. The molecule has 0 amide bonds. The van der Waals surface area contributed by atoms with Crippen LogP contribution >= 0.6 is 0 Å². The summed E-state index contributed by atoms with van der Waals surface area (Å²) in [5.41, 5.74) is 13.6. The van der Waals surface area contributed by atoms with Crippen LogP contribution in [0.15, 0.2) is 72.8 Å². The van der Waals surface area contributed by atoms with Gasteiger partial charge < -0.3 is 21.7 Å². The molecule has 0 atom stereocenters. The summed E-state index contributed by atoms with van der Waals surface area (Å²) in [6, 6.07) is 18.5. The monoisotopic (exact) mass is 478 g/mol. The molecule has 0 aromatic heterocycles. The first kappa shape index (κ1) is 22.5. The lowest BCUT2D eigenvalue weighted by molar-refractivity contribution is 0.0974. The summed E-state index contributed by atoms with van der Waals surface area (Å²) in [6.45, 7) is 0. The van der Waals surface area contributed by atoms with Gasteiger partial charge in [-0.1, -0.05) is 48.5 Å². The van der Waals surface area contributed by atoms with Crippen LogP contribution in [-0.4, -0.2) is 33.3 Å². The Morgan fingerprint density at radius 2 is 0.694 bits per heavy atom. The van der Waals surface area contributed by atoms with Crippen molar-refractivity contribution in [2.75, 3.05) is 11.5 Å². The number of benzene rings is 4. The van der Waals surface area contributed by atoms with Gasteiger partial charge in [-0.15, -0.1) is 0 Å². The third-order valence-corrected chi connectivity index (χ3v) is 6.17. The molecule has 0 spiro atoms. The molecule has 0 bridgehead atoms. The second kappa shape index (κ2) is 8.21. The lowest BCUT2D eigenvalue weighted by atomic mass is 9.82. The summed E-state index contributed by atoms with van der Waals surface area (Å²) in [5, 5.41) is 19.4. The van der Waals surface area contributed by atoms with Crippen LogP contribution in [0.1, 0.15) is 63.7 Å².